The maximum Gasteiger partial charge on any atom is 0.306 e. The highest BCUT2D eigenvalue weighted by atomic mass is 16.6. The Morgan fingerprint density at radius 2 is 0.493 bits per heavy atom. The summed E-state index contributed by atoms with van der Waals surface area (Å²) in [4.78, 5) is 38.2. The smallest absolute Gasteiger partial charge is 0.306 e. The maximum absolute atomic E-state index is 12.8. The van der Waals surface area contributed by atoms with E-state index in [0.717, 1.165) is 64.2 Å². The molecule has 0 heterocycles. The minimum atomic E-state index is -0.777. The molecule has 0 aromatic carbocycles. The van der Waals surface area contributed by atoms with E-state index in [1.165, 1.54) is 212 Å². The summed E-state index contributed by atoms with van der Waals surface area (Å²) in [6.45, 7) is 6.64. The predicted octanol–water partition coefficient (Wildman–Crippen LogP) is 19.7. The third-order valence-electron chi connectivity index (χ3n) is 13.1. The van der Waals surface area contributed by atoms with Crippen molar-refractivity contribution < 1.29 is 28.6 Å². The SMILES string of the molecule is CCCCCC/C=C\CCCCCCCCCC(=O)OC[C@@H](COC(=O)CCCCCCCCCCC/C=C\CCCCCCCC)OC(=O)CCCCCCC/C=C\CCCCCCCC. The lowest BCUT2D eigenvalue weighted by molar-refractivity contribution is -0.167. The molecule has 0 aromatic heterocycles. The molecule has 0 radical (unpaired) electrons. The van der Waals surface area contributed by atoms with Gasteiger partial charge in [0.15, 0.2) is 6.10 Å². The van der Waals surface area contributed by atoms with Crippen molar-refractivity contribution in [3.8, 4) is 0 Å². The normalized spacial score (nSPS) is 12.2. The number of unbranched alkanes of at least 4 members (excludes halogenated alkanes) is 37. The number of rotatable bonds is 54. The Morgan fingerprint density at radius 3 is 0.761 bits per heavy atom. The molecule has 392 valence electrons. The Labute approximate surface area is 416 Å². The summed E-state index contributed by atoms with van der Waals surface area (Å²) in [5, 5.41) is 0. The molecular formula is C61H112O6. The van der Waals surface area contributed by atoms with E-state index in [1.54, 1.807) is 0 Å². The van der Waals surface area contributed by atoms with Crippen LogP contribution in [-0.4, -0.2) is 37.2 Å². The molecule has 1 atom stereocenters. The number of esters is 3. The van der Waals surface area contributed by atoms with Crippen molar-refractivity contribution in [3.05, 3.63) is 36.5 Å². The molecule has 0 spiro atoms. The first-order valence-electron chi connectivity index (χ1n) is 29.5. The molecule has 0 N–H and O–H groups in total. The van der Waals surface area contributed by atoms with Crippen molar-refractivity contribution in [2.45, 2.75) is 322 Å². The molecule has 0 fully saturated rings. The van der Waals surface area contributed by atoms with Crippen LogP contribution >= 0.6 is 0 Å². The Kier molecular flexibility index (Phi) is 54.2. The molecule has 6 nitrogen and oxygen atoms in total. The van der Waals surface area contributed by atoms with Crippen LogP contribution in [0.25, 0.3) is 0 Å². The Hall–Kier alpha value is -2.37. The first kappa shape index (κ1) is 64.6. The number of hydrogen-bond donors (Lipinski definition) is 0. The van der Waals surface area contributed by atoms with Gasteiger partial charge in [0, 0.05) is 19.3 Å². The number of ether oxygens (including phenoxy) is 3. The van der Waals surface area contributed by atoms with Crippen LogP contribution in [-0.2, 0) is 28.6 Å². The van der Waals surface area contributed by atoms with E-state index in [-0.39, 0.29) is 31.1 Å². The summed E-state index contributed by atoms with van der Waals surface area (Å²) >= 11 is 0. The van der Waals surface area contributed by atoms with E-state index in [9.17, 15) is 14.4 Å². The van der Waals surface area contributed by atoms with E-state index in [2.05, 4.69) is 57.2 Å². The molecule has 0 aliphatic rings. The topological polar surface area (TPSA) is 78.9 Å². The highest BCUT2D eigenvalue weighted by Gasteiger charge is 2.19. The number of carbonyl (C=O) groups excluding carboxylic acids is 3. The molecule has 0 aliphatic heterocycles. The van der Waals surface area contributed by atoms with Crippen molar-refractivity contribution >= 4 is 17.9 Å². The molecule has 0 saturated carbocycles. The number of hydrogen-bond acceptors (Lipinski definition) is 6. The van der Waals surface area contributed by atoms with Crippen molar-refractivity contribution in [2.75, 3.05) is 13.2 Å². The first-order valence-corrected chi connectivity index (χ1v) is 29.5. The highest BCUT2D eigenvalue weighted by Crippen LogP contribution is 2.16. The van der Waals surface area contributed by atoms with Crippen LogP contribution in [0.4, 0.5) is 0 Å². The van der Waals surface area contributed by atoms with Crippen LogP contribution in [0, 0.1) is 0 Å². The first-order chi connectivity index (χ1) is 33.0. The standard InChI is InChI=1S/C61H112O6/c1-4-7-10-13-16-19-22-25-28-29-30-31-34-36-39-42-45-48-51-54-60(63)66-57-58(67-61(64)55-52-49-46-43-40-37-33-27-24-21-18-15-12-9-6-3)56-65-59(62)53-50-47-44-41-38-35-32-26-23-20-17-14-11-8-5-2/h20,23,25,27-28,33,58H,4-19,21-22,24,26,29-32,34-57H2,1-3H3/b23-20-,28-25-,33-27-/t58-/m0/s1. The van der Waals surface area contributed by atoms with Gasteiger partial charge in [0.05, 0.1) is 0 Å². The van der Waals surface area contributed by atoms with Crippen LogP contribution < -0.4 is 0 Å². The minimum Gasteiger partial charge on any atom is -0.462 e. The Morgan fingerprint density at radius 1 is 0.284 bits per heavy atom. The molecule has 0 unspecified atom stereocenters. The maximum atomic E-state index is 12.8. The molecule has 0 aliphatic carbocycles. The lowest BCUT2D eigenvalue weighted by Gasteiger charge is -2.18. The van der Waals surface area contributed by atoms with Crippen LogP contribution in [0.5, 0.6) is 0 Å². The highest BCUT2D eigenvalue weighted by molar-refractivity contribution is 5.71. The fourth-order valence-corrected chi connectivity index (χ4v) is 8.60. The quantitative estimate of drug-likeness (QED) is 0.0262. The average Bonchev–Trinajstić information content (AvgIpc) is 3.33. The fourth-order valence-electron chi connectivity index (χ4n) is 8.60. The van der Waals surface area contributed by atoms with Gasteiger partial charge in [-0.2, -0.15) is 0 Å². The van der Waals surface area contributed by atoms with E-state index in [0.29, 0.717) is 19.3 Å². The second kappa shape index (κ2) is 56.2. The molecule has 67 heavy (non-hydrogen) atoms. The van der Waals surface area contributed by atoms with Crippen molar-refractivity contribution in [2.24, 2.45) is 0 Å². The van der Waals surface area contributed by atoms with Gasteiger partial charge in [-0.3, -0.25) is 14.4 Å². The van der Waals surface area contributed by atoms with Gasteiger partial charge in [0.1, 0.15) is 13.2 Å². The zero-order valence-electron chi connectivity index (χ0n) is 44.9. The van der Waals surface area contributed by atoms with Crippen LogP contribution in [0.15, 0.2) is 36.5 Å². The van der Waals surface area contributed by atoms with E-state index in [1.807, 2.05) is 0 Å². The molecule has 0 aromatic rings. The fraction of sp³-hybridized carbons (Fsp3) is 0.852. The largest absolute Gasteiger partial charge is 0.462 e. The van der Waals surface area contributed by atoms with Gasteiger partial charge >= 0.3 is 17.9 Å². The van der Waals surface area contributed by atoms with Crippen molar-refractivity contribution in [3.63, 3.8) is 0 Å². The zero-order valence-corrected chi connectivity index (χ0v) is 44.9. The summed E-state index contributed by atoms with van der Waals surface area (Å²) in [5.41, 5.74) is 0. The third-order valence-corrected chi connectivity index (χ3v) is 13.1. The predicted molar refractivity (Wildman–Crippen MR) is 289 cm³/mol. The van der Waals surface area contributed by atoms with Gasteiger partial charge < -0.3 is 14.2 Å². The molecule has 0 rings (SSSR count). The second-order valence-corrected chi connectivity index (χ2v) is 19.9. The summed E-state index contributed by atoms with van der Waals surface area (Å²) in [7, 11) is 0. The van der Waals surface area contributed by atoms with Gasteiger partial charge in [0.2, 0.25) is 0 Å². The molecule has 0 saturated heterocycles. The minimum absolute atomic E-state index is 0.0755. The number of allylic oxidation sites excluding steroid dienone is 6. The average molecular weight is 942 g/mol. The molecule has 0 amide bonds. The van der Waals surface area contributed by atoms with E-state index in [4.69, 9.17) is 14.2 Å². The van der Waals surface area contributed by atoms with Gasteiger partial charge in [-0.1, -0.05) is 237 Å². The van der Waals surface area contributed by atoms with Gasteiger partial charge in [0.25, 0.3) is 0 Å². The molecule has 0 bridgehead atoms. The second-order valence-electron chi connectivity index (χ2n) is 19.9. The van der Waals surface area contributed by atoms with Crippen molar-refractivity contribution in [1.29, 1.82) is 0 Å². The van der Waals surface area contributed by atoms with E-state index < -0.39 is 6.10 Å². The van der Waals surface area contributed by atoms with Crippen LogP contribution in [0.3, 0.4) is 0 Å². The van der Waals surface area contributed by atoms with Gasteiger partial charge in [-0.25, -0.2) is 0 Å². The monoisotopic (exact) mass is 941 g/mol. The zero-order chi connectivity index (χ0) is 48.6. The third kappa shape index (κ3) is 54.4. The summed E-state index contributed by atoms with van der Waals surface area (Å²) in [5.74, 6) is -0.874. The number of carbonyl (C=O) groups is 3. The lowest BCUT2D eigenvalue weighted by atomic mass is 10.1. The summed E-state index contributed by atoms with van der Waals surface area (Å²) in [6.07, 6.45) is 67.0. The molecule has 6 heteroatoms. The van der Waals surface area contributed by atoms with Gasteiger partial charge in [-0.05, 0) is 96.3 Å². The lowest BCUT2D eigenvalue weighted by Crippen LogP contribution is -2.30. The Bertz CT molecular complexity index is 1130. The summed E-state index contributed by atoms with van der Waals surface area (Å²) < 4.78 is 16.9. The summed E-state index contributed by atoms with van der Waals surface area (Å²) in [6, 6.07) is 0. The Balaban J connectivity index is 4.34. The van der Waals surface area contributed by atoms with Crippen molar-refractivity contribution in [1.82, 2.24) is 0 Å². The molecular weight excluding hydrogens is 829 g/mol. The van der Waals surface area contributed by atoms with Crippen LogP contribution in [0.2, 0.25) is 0 Å². The van der Waals surface area contributed by atoms with Gasteiger partial charge in [-0.15, -0.1) is 0 Å². The van der Waals surface area contributed by atoms with E-state index >= 15 is 0 Å². The van der Waals surface area contributed by atoms with Crippen LogP contribution in [0.1, 0.15) is 316 Å².